The molecular weight excluding hydrogens is 526 g/mol. The average molecular weight is 544 g/mol. The SMILES string of the molecule is CC(C)(C)c1cc(OCC=C(Br)Br)ccc1Oc1ncc(C(F)(F)F)cc1Cl. The van der Waals surface area contributed by atoms with Gasteiger partial charge in [-0.3, -0.25) is 0 Å². The van der Waals surface area contributed by atoms with Gasteiger partial charge in [-0.05, 0) is 67.6 Å². The smallest absolute Gasteiger partial charge is 0.417 e. The Morgan fingerprint density at radius 2 is 1.86 bits per heavy atom. The second kappa shape index (κ2) is 9.05. The Hall–Kier alpha value is -1.25. The van der Waals surface area contributed by atoms with Gasteiger partial charge in [-0.1, -0.05) is 32.4 Å². The lowest BCUT2D eigenvalue weighted by Gasteiger charge is -2.23. The van der Waals surface area contributed by atoms with Crippen molar-refractivity contribution in [2.45, 2.75) is 32.4 Å². The number of nitrogens with zero attached hydrogens (tertiary/aromatic N) is 1. The van der Waals surface area contributed by atoms with Crippen molar-refractivity contribution in [2.24, 2.45) is 0 Å². The lowest BCUT2D eigenvalue weighted by molar-refractivity contribution is -0.137. The number of aromatic nitrogens is 1. The molecular formula is C19H17Br2ClF3NO2. The Kier molecular flexibility index (Phi) is 7.44. The zero-order chi connectivity index (χ0) is 21.1. The van der Waals surface area contributed by atoms with Crippen LogP contribution in [0.15, 0.2) is 39.9 Å². The van der Waals surface area contributed by atoms with E-state index in [4.69, 9.17) is 21.1 Å². The van der Waals surface area contributed by atoms with Crippen LogP contribution in [0.2, 0.25) is 5.02 Å². The first-order valence-corrected chi connectivity index (χ1v) is 10.0. The quantitative estimate of drug-likeness (QED) is 0.385. The van der Waals surface area contributed by atoms with Gasteiger partial charge in [0.25, 0.3) is 0 Å². The molecule has 0 aliphatic carbocycles. The molecule has 1 heterocycles. The highest BCUT2D eigenvalue weighted by atomic mass is 79.9. The summed E-state index contributed by atoms with van der Waals surface area (Å²) in [5.41, 5.74) is -0.459. The van der Waals surface area contributed by atoms with Gasteiger partial charge in [0.05, 0.1) is 8.96 Å². The molecule has 0 bridgehead atoms. The number of rotatable bonds is 5. The van der Waals surface area contributed by atoms with Crippen LogP contribution in [0.5, 0.6) is 17.4 Å². The summed E-state index contributed by atoms with van der Waals surface area (Å²) in [6, 6.07) is 6.00. The third-order valence-electron chi connectivity index (χ3n) is 3.59. The van der Waals surface area contributed by atoms with Gasteiger partial charge < -0.3 is 9.47 Å². The molecule has 3 nitrogen and oxygen atoms in total. The van der Waals surface area contributed by atoms with Crippen LogP contribution in [-0.4, -0.2) is 11.6 Å². The number of hydrogen-bond acceptors (Lipinski definition) is 3. The highest BCUT2D eigenvalue weighted by Crippen LogP contribution is 2.39. The van der Waals surface area contributed by atoms with Gasteiger partial charge in [-0.2, -0.15) is 13.2 Å². The first-order valence-electron chi connectivity index (χ1n) is 8.07. The van der Waals surface area contributed by atoms with Gasteiger partial charge in [0.1, 0.15) is 23.1 Å². The number of ether oxygens (including phenoxy) is 2. The summed E-state index contributed by atoms with van der Waals surface area (Å²) >= 11 is 12.5. The predicted octanol–water partition coefficient (Wildman–Crippen LogP) is 7.85. The maximum atomic E-state index is 12.8. The summed E-state index contributed by atoms with van der Waals surface area (Å²) in [5.74, 6) is 0.965. The number of halogens is 6. The van der Waals surface area contributed by atoms with Crippen LogP contribution in [0.3, 0.4) is 0 Å². The van der Waals surface area contributed by atoms with Crippen LogP contribution >= 0.6 is 43.5 Å². The van der Waals surface area contributed by atoms with Crippen molar-refractivity contribution in [3.63, 3.8) is 0 Å². The van der Waals surface area contributed by atoms with Crippen LogP contribution in [0, 0.1) is 0 Å². The molecule has 0 radical (unpaired) electrons. The van der Waals surface area contributed by atoms with Crippen LogP contribution in [0.1, 0.15) is 31.9 Å². The minimum Gasteiger partial charge on any atom is -0.489 e. The highest BCUT2D eigenvalue weighted by Gasteiger charge is 2.32. The van der Waals surface area contributed by atoms with Crippen molar-refractivity contribution in [2.75, 3.05) is 6.61 Å². The summed E-state index contributed by atoms with van der Waals surface area (Å²) in [7, 11) is 0. The van der Waals surface area contributed by atoms with E-state index in [1.54, 1.807) is 18.2 Å². The molecule has 9 heteroatoms. The van der Waals surface area contributed by atoms with E-state index in [2.05, 4.69) is 36.8 Å². The fourth-order valence-corrected chi connectivity index (χ4v) is 2.70. The molecule has 28 heavy (non-hydrogen) atoms. The van der Waals surface area contributed by atoms with Gasteiger partial charge in [0, 0.05) is 11.8 Å². The van der Waals surface area contributed by atoms with Gasteiger partial charge in [-0.15, -0.1) is 0 Å². The molecule has 2 rings (SSSR count). The fraction of sp³-hybridized carbons (Fsp3) is 0.316. The highest BCUT2D eigenvalue weighted by molar-refractivity contribution is 9.28. The number of hydrogen-bond donors (Lipinski definition) is 0. The summed E-state index contributed by atoms with van der Waals surface area (Å²) < 4.78 is 50.5. The zero-order valence-corrected chi connectivity index (χ0v) is 19.1. The topological polar surface area (TPSA) is 31.4 Å². The third-order valence-corrected chi connectivity index (χ3v) is 4.51. The van der Waals surface area contributed by atoms with E-state index in [0.29, 0.717) is 24.3 Å². The molecule has 0 atom stereocenters. The molecule has 0 spiro atoms. The van der Waals surface area contributed by atoms with E-state index in [9.17, 15) is 13.2 Å². The van der Waals surface area contributed by atoms with Crippen LogP contribution in [0.25, 0.3) is 0 Å². The molecule has 0 aliphatic heterocycles. The monoisotopic (exact) mass is 541 g/mol. The molecule has 0 N–H and O–H groups in total. The lowest BCUT2D eigenvalue weighted by atomic mass is 9.86. The number of alkyl halides is 3. The maximum absolute atomic E-state index is 12.8. The molecule has 0 aliphatic rings. The van der Waals surface area contributed by atoms with Crippen molar-refractivity contribution in [1.29, 1.82) is 0 Å². The molecule has 0 fully saturated rings. The Balaban J connectivity index is 2.33. The molecule has 1 aromatic carbocycles. The van der Waals surface area contributed by atoms with Crippen LogP contribution < -0.4 is 9.47 Å². The molecule has 0 saturated heterocycles. The van der Waals surface area contributed by atoms with E-state index in [0.717, 1.165) is 15.0 Å². The number of pyridine rings is 1. The summed E-state index contributed by atoms with van der Waals surface area (Å²) in [6.45, 7) is 6.29. The predicted molar refractivity (Wildman–Crippen MR) is 111 cm³/mol. The van der Waals surface area contributed by atoms with Crippen LogP contribution in [-0.2, 0) is 11.6 Å². The Bertz CT molecular complexity index is 876. The minimum atomic E-state index is -4.52. The summed E-state index contributed by atoms with van der Waals surface area (Å²) in [6.07, 6.45) is -2.03. The van der Waals surface area contributed by atoms with Gasteiger partial charge in [0.15, 0.2) is 0 Å². The van der Waals surface area contributed by atoms with Gasteiger partial charge in [-0.25, -0.2) is 4.98 Å². The van der Waals surface area contributed by atoms with Crippen LogP contribution in [0.4, 0.5) is 13.2 Å². The van der Waals surface area contributed by atoms with Crippen molar-refractivity contribution < 1.29 is 22.6 Å². The molecule has 152 valence electrons. The normalized spacial score (nSPS) is 11.9. The van der Waals surface area contributed by atoms with E-state index in [1.165, 1.54) is 0 Å². The molecule has 0 saturated carbocycles. The number of benzene rings is 1. The Labute approximate surface area is 183 Å². The van der Waals surface area contributed by atoms with E-state index < -0.39 is 11.7 Å². The first-order chi connectivity index (χ1) is 12.9. The minimum absolute atomic E-state index is 0.0972. The molecule has 0 amide bonds. The second-order valence-electron chi connectivity index (χ2n) is 6.82. The third kappa shape index (κ3) is 6.39. The van der Waals surface area contributed by atoms with Crippen molar-refractivity contribution in [3.8, 4) is 17.4 Å². The zero-order valence-electron chi connectivity index (χ0n) is 15.2. The maximum Gasteiger partial charge on any atom is 0.417 e. The Morgan fingerprint density at radius 3 is 2.39 bits per heavy atom. The van der Waals surface area contributed by atoms with Crippen molar-refractivity contribution >= 4 is 43.5 Å². The summed E-state index contributed by atoms with van der Waals surface area (Å²) in [5, 5.41) is -0.220. The van der Waals surface area contributed by atoms with E-state index in [1.807, 2.05) is 26.8 Å². The van der Waals surface area contributed by atoms with Gasteiger partial charge >= 0.3 is 6.18 Å². The first kappa shape index (κ1) is 23.0. The lowest BCUT2D eigenvalue weighted by Crippen LogP contribution is -2.13. The largest absolute Gasteiger partial charge is 0.489 e. The van der Waals surface area contributed by atoms with E-state index in [-0.39, 0.29) is 16.3 Å². The van der Waals surface area contributed by atoms with Gasteiger partial charge in [0.2, 0.25) is 5.88 Å². The summed E-state index contributed by atoms with van der Waals surface area (Å²) in [4.78, 5) is 3.73. The molecule has 1 aromatic heterocycles. The standard InChI is InChI=1S/C19H17Br2ClF3NO2/c1-18(2,3)13-9-12(27-7-6-16(20)21)4-5-15(13)28-17-14(22)8-11(10-26-17)19(23,24)25/h4-6,8-10H,7H2,1-3H3. The van der Waals surface area contributed by atoms with E-state index >= 15 is 0 Å². The average Bonchev–Trinajstić information content (AvgIpc) is 2.55. The second-order valence-corrected chi connectivity index (χ2v) is 10.0. The van der Waals surface area contributed by atoms with Crippen molar-refractivity contribution in [1.82, 2.24) is 4.98 Å². The molecule has 0 unspecified atom stereocenters. The molecule has 2 aromatic rings. The van der Waals surface area contributed by atoms with Crippen molar-refractivity contribution in [3.05, 3.63) is 56.1 Å². The fourth-order valence-electron chi connectivity index (χ4n) is 2.23. The Morgan fingerprint density at radius 1 is 1.18 bits per heavy atom.